The van der Waals surface area contributed by atoms with E-state index in [2.05, 4.69) is 4.98 Å². The van der Waals surface area contributed by atoms with Gasteiger partial charge >= 0.3 is 0 Å². The number of hydrogen-bond donors (Lipinski definition) is 1. The number of carbonyl (C=O) groups is 1. The molecular weight excluding hydrogens is 290 g/mol. The van der Waals surface area contributed by atoms with Gasteiger partial charge in [0.25, 0.3) is 0 Å². The molecule has 0 fully saturated rings. The van der Waals surface area contributed by atoms with E-state index in [4.69, 9.17) is 4.74 Å². The number of aldehydes is 1. The zero-order valence-corrected chi connectivity index (χ0v) is 14.1. The second kappa shape index (κ2) is 7.38. The Bertz CT molecular complexity index is 708. The predicted octanol–water partition coefficient (Wildman–Crippen LogP) is 3.64. The molecule has 1 aromatic heterocycles. The van der Waals surface area contributed by atoms with E-state index in [9.17, 15) is 9.90 Å². The molecule has 2 rings (SSSR count). The molecule has 0 spiro atoms. The zero-order chi connectivity index (χ0) is 17.0. The van der Waals surface area contributed by atoms with Gasteiger partial charge in [-0.15, -0.1) is 0 Å². The highest BCUT2D eigenvalue weighted by atomic mass is 16.5. The third kappa shape index (κ3) is 3.96. The van der Waals surface area contributed by atoms with Gasteiger partial charge in [-0.25, -0.2) is 4.98 Å². The fourth-order valence-corrected chi connectivity index (χ4v) is 2.50. The summed E-state index contributed by atoms with van der Waals surface area (Å²) in [7, 11) is 0. The third-order valence-electron chi connectivity index (χ3n) is 3.92. The van der Waals surface area contributed by atoms with Gasteiger partial charge in [0.2, 0.25) is 5.88 Å². The first-order valence-electron chi connectivity index (χ1n) is 7.78. The first-order chi connectivity index (χ1) is 10.9. The van der Waals surface area contributed by atoms with Crippen LogP contribution in [0, 0.1) is 20.8 Å². The minimum Gasteiger partial charge on any atom is -0.477 e. The van der Waals surface area contributed by atoms with Crippen molar-refractivity contribution in [3.8, 4) is 17.0 Å². The van der Waals surface area contributed by atoms with E-state index >= 15 is 0 Å². The van der Waals surface area contributed by atoms with Crippen molar-refractivity contribution in [2.24, 2.45) is 0 Å². The number of aliphatic hydroxyl groups is 1. The lowest BCUT2D eigenvalue weighted by Crippen LogP contribution is -2.09. The van der Waals surface area contributed by atoms with E-state index in [1.54, 1.807) is 6.92 Å². The lowest BCUT2D eigenvalue weighted by atomic mass is 9.95. The second-order valence-electron chi connectivity index (χ2n) is 5.87. The fourth-order valence-electron chi connectivity index (χ4n) is 2.50. The highest BCUT2D eigenvalue weighted by Gasteiger charge is 2.12. The van der Waals surface area contributed by atoms with E-state index in [1.165, 1.54) is 0 Å². The molecule has 0 bridgehead atoms. The van der Waals surface area contributed by atoms with Crippen LogP contribution in [0.5, 0.6) is 5.88 Å². The Morgan fingerprint density at radius 2 is 2.00 bits per heavy atom. The summed E-state index contributed by atoms with van der Waals surface area (Å²) in [6.45, 7) is 8.00. The summed E-state index contributed by atoms with van der Waals surface area (Å²) in [5.74, 6) is 0.594. The zero-order valence-electron chi connectivity index (χ0n) is 14.1. The SMILES string of the molecule is Cc1cc(-c2cccc(C=O)c2C)c(C)nc1OCC[C@@H](C)O. The van der Waals surface area contributed by atoms with E-state index in [0.29, 0.717) is 24.5 Å². The number of pyridine rings is 1. The van der Waals surface area contributed by atoms with Crippen molar-refractivity contribution in [3.63, 3.8) is 0 Å². The first-order valence-corrected chi connectivity index (χ1v) is 7.78. The molecule has 122 valence electrons. The van der Waals surface area contributed by atoms with Crippen molar-refractivity contribution in [1.82, 2.24) is 4.98 Å². The molecule has 1 aromatic carbocycles. The molecular formula is C19H23NO3. The van der Waals surface area contributed by atoms with Gasteiger partial charge in [0.15, 0.2) is 0 Å². The topological polar surface area (TPSA) is 59.4 Å². The molecule has 0 saturated heterocycles. The Balaban J connectivity index is 2.35. The molecule has 0 saturated carbocycles. The van der Waals surface area contributed by atoms with E-state index in [0.717, 1.165) is 34.2 Å². The van der Waals surface area contributed by atoms with Crippen LogP contribution >= 0.6 is 0 Å². The average Bonchev–Trinajstić information content (AvgIpc) is 2.50. The molecule has 0 aliphatic heterocycles. The van der Waals surface area contributed by atoms with Gasteiger partial charge in [-0.2, -0.15) is 0 Å². The average molecular weight is 313 g/mol. The number of aryl methyl sites for hydroxylation is 2. The summed E-state index contributed by atoms with van der Waals surface area (Å²) in [6, 6.07) is 7.74. The summed E-state index contributed by atoms with van der Waals surface area (Å²) in [4.78, 5) is 15.7. The molecule has 0 unspecified atom stereocenters. The minimum atomic E-state index is -0.385. The standard InChI is InChI=1S/C19H23NO3/c1-12-10-18(17-7-5-6-16(11-21)14(17)3)15(4)20-19(12)23-9-8-13(2)22/h5-7,10-11,13,22H,8-9H2,1-4H3/t13-/m1/s1. The molecule has 0 amide bonds. The molecule has 23 heavy (non-hydrogen) atoms. The second-order valence-corrected chi connectivity index (χ2v) is 5.87. The Hall–Kier alpha value is -2.20. The van der Waals surface area contributed by atoms with Crippen molar-refractivity contribution >= 4 is 6.29 Å². The molecule has 2 aromatic rings. The summed E-state index contributed by atoms with van der Waals surface area (Å²) >= 11 is 0. The third-order valence-corrected chi connectivity index (χ3v) is 3.92. The normalized spacial score (nSPS) is 12.0. The molecule has 1 heterocycles. The van der Waals surface area contributed by atoms with Gasteiger partial charge in [0.1, 0.15) is 6.29 Å². The van der Waals surface area contributed by atoms with Crippen LogP contribution in [-0.4, -0.2) is 29.1 Å². The molecule has 1 N–H and O–H groups in total. The van der Waals surface area contributed by atoms with Crippen LogP contribution in [0.2, 0.25) is 0 Å². The molecule has 0 aliphatic carbocycles. The van der Waals surface area contributed by atoms with Gasteiger partial charge in [-0.1, -0.05) is 18.2 Å². The van der Waals surface area contributed by atoms with Crippen LogP contribution in [0.3, 0.4) is 0 Å². The smallest absolute Gasteiger partial charge is 0.216 e. The number of aliphatic hydroxyl groups excluding tert-OH is 1. The van der Waals surface area contributed by atoms with Crippen LogP contribution in [0.1, 0.15) is 40.5 Å². The number of aromatic nitrogens is 1. The summed E-state index contributed by atoms with van der Waals surface area (Å²) in [5, 5.41) is 9.30. The van der Waals surface area contributed by atoms with E-state index in [1.807, 2.05) is 45.0 Å². The quantitative estimate of drug-likeness (QED) is 0.827. The van der Waals surface area contributed by atoms with Gasteiger partial charge < -0.3 is 9.84 Å². The monoisotopic (exact) mass is 313 g/mol. The van der Waals surface area contributed by atoms with Crippen LogP contribution in [0.15, 0.2) is 24.3 Å². The lowest BCUT2D eigenvalue weighted by Gasteiger charge is -2.15. The van der Waals surface area contributed by atoms with Crippen molar-refractivity contribution in [2.75, 3.05) is 6.61 Å². The summed E-state index contributed by atoms with van der Waals surface area (Å²) in [5.41, 5.74) is 5.46. The van der Waals surface area contributed by atoms with Crippen LogP contribution in [0.4, 0.5) is 0 Å². The Labute approximate surface area is 137 Å². The first kappa shape index (κ1) is 17.2. The number of nitrogens with zero attached hydrogens (tertiary/aromatic N) is 1. The highest BCUT2D eigenvalue weighted by Crippen LogP contribution is 2.30. The van der Waals surface area contributed by atoms with Crippen molar-refractivity contribution in [1.29, 1.82) is 0 Å². The van der Waals surface area contributed by atoms with Crippen LogP contribution in [0.25, 0.3) is 11.1 Å². The molecule has 4 heteroatoms. The van der Waals surface area contributed by atoms with E-state index in [-0.39, 0.29) is 6.10 Å². The number of carbonyl (C=O) groups excluding carboxylic acids is 1. The lowest BCUT2D eigenvalue weighted by molar-refractivity contribution is 0.112. The van der Waals surface area contributed by atoms with Crippen molar-refractivity contribution < 1.29 is 14.6 Å². The molecule has 0 aliphatic rings. The number of hydrogen-bond acceptors (Lipinski definition) is 4. The largest absolute Gasteiger partial charge is 0.477 e. The Morgan fingerprint density at radius 1 is 1.26 bits per heavy atom. The van der Waals surface area contributed by atoms with Gasteiger partial charge in [0, 0.05) is 28.8 Å². The maximum atomic E-state index is 11.1. The number of ether oxygens (including phenoxy) is 1. The maximum Gasteiger partial charge on any atom is 0.216 e. The highest BCUT2D eigenvalue weighted by molar-refractivity contribution is 5.83. The van der Waals surface area contributed by atoms with Gasteiger partial charge in [-0.05, 0) is 44.9 Å². The Morgan fingerprint density at radius 3 is 2.65 bits per heavy atom. The summed E-state index contributed by atoms with van der Waals surface area (Å²) < 4.78 is 5.67. The van der Waals surface area contributed by atoms with Gasteiger partial charge in [0.05, 0.1) is 12.7 Å². The number of benzene rings is 1. The summed E-state index contributed by atoms with van der Waals surface area (Å²) in [6.07, 6.45) is 1.06. The van der Waals surface area contributed by atoms with Crippen LogP contribution in [-0.2, 0) is 0 Å². The van der Waals surface area contributed by atoms with Crippen molar-refractivity contribution in [2.45, 2.75) is 40.2 Å². The van der Waals surface area contributed by atoms with Gasteiger partial charge in [-0.3, -0.25) is 4.79 Å². The number of rotatable bonds is 6. The fraction of sp³-hybridized carbons (Fsp3) is 0.368. The molecule has 1 atom stereocenters. The van der Waals surface area contributed by atoms with Crippen molar-refractivity contribution in [3.05, 3.63) is 46.6 Å². The minimum absolute atomic E-state index is 0.385. The van der Waals surface area contributed by atoms with E-state index < -0.39 is 0 Å². The molecule has 0 radical (unpaired) electrons. The predicted molar refractivity (Wildman–Crippen MR) is 91.1 cm³/mol. The van der Waals surface area contributed by atoms with Crippen LogP contribution < -0.4 is 4.74 Å². The maximum absolute atomic E-state index is 11.1. The molecule has 4 nitrogen and oxygen atoms in total. The Kier molecular flexibility index (Phi) is 5.50.